The van der Waals surface area contributed by atoms with E-state index < -0.39 is 53.0 Å². The number of piperazine rings is 1. The molecule has 4 fully saturated rings. The molecule has 13 nitrogen and oxygen atoms in total. The van der Waals surface area contributed by atoms with Gasteiger partial charge in [0.05, 0.1) is 23.7 Å². The van der Waals surface area contributed by atoms with E-state index in [1.807, 2.05) is 31.3 Å². The molecule has 3 bridgehead atoms. The molecule has 5 amide bonds. The highest BCUT2D eigenvalue weighted by atomic mass is 16.2. The summed E-state index contributed by atoms with van der Waals surface area (Å²) < 4.78 is 0. The van der Waals surface area contributed by atoms with Gasteiger partial charge in [-0.3, -0.25) is 33.8 Å². The molecular formula is C39H53N7O6. The van der Waals surface area contributed by atoms with Gasteiger partial charge in [0.1, 0.15) is 12.1 Å². The van der Waals surface area contributed by atoms with Gasteiger partial charge in [0.25, 0.3) is 11.8 Å². The van der Waals surface area contributed by atoms with Crippen molar-refractivity contribution in [2.45, 2.75) is 83.8 Å². The zero-order chi connectivity index (χ0) is 37.2. The third-order valence-electron chi connectivity index (χ3n) is 12.1. The van der Waals surface area contributed by atoms with Crippen LogP contribution in [0.1, 0.15) is 76.1 Å². The largest absolute Gasteiger partial charge is 0.344 e. The van der Waals surface area contributed by atoms with E-state index in [0.29, 0.717) is 47.3 Å². The van der Waals surface area contributed by atoms with Crippen molar-refractivity contribution in [3.63, 3.8) is 0 Å². The molecule has 13 heteroatoms. The van der Waals surface area contributed by atoms with Gasteiger partial charge in [-0.1, -0.05) is 38.5 Å². The average molecular weight is 716 g/mol. The maximum Gasteiger partial charge on any atom is 0.290 e. The van der Waals surface area contributed by atoms with Crippen molar-refractivity contribution in [1.29, 1.82) is 0 Å². The van der Waals surface area contributed by atoms with E-state index in [0.717, 1.165) is 51.6 Å². The lowest BCUT2D eigenvalue weighted by Crippen LogP contribution is -2.63. The number of nitrogens with zero attached hydrogens (tertiary/aromatic N) is 3. The quantitative estimate of drug-likeness (QED) is 0.242. The summed E-state index contributed by atoms with van der Waals surface area (Å²) in [6, 6.07) is 5.93. The predicted octanol–water partition coefficient (Wildman–Crippen LogP) is 2.04. The van der Waals surface area contributed by atoms with Crippen LogP contribution in [0, 0.1) is 29.1 Å². The standard InChI is InChI=1S/C39H53N7O6/c1-23(2)32(33(48)37(51)41-22-31(47)46-17-15-45(4)16-18-46)43-35(49)24(3)42-38(52)34(39-13-11-26-10-9-25(20-39)19-27(26)21-39)44-36(50)29-12-14-40-30-8-6-5-7-28(29)30/h5-8,12,14,23-27,32,34H,9-11,13,15-22H2,1-4H3,(H,41,51)(H,42,52)(H,43,49)(H,44,50)/t24-,25?,26?,27?,32-,34+,39?/m0/s1. The number of benzene rings is 1. The molecule has 280 valence electrons. The van der Waals surface area contributed by atoms with Gasteiger partial charge in [-0.2, -0.15) is 0 Å². The smallest absolute Gasteiger partial charge is 0.290 e. The first-order valence-electron chi connectivity index (χ1n) is 18.9. The fraction of sp³-hybridized carbons (Fsp3) is 0.615. The van der Waals surface area contributed by atoms with Crippen molar-refractivity contribution in [3.8, 4) is 0 Å². The van der Waals surface area contributed by atoms with Crippen LogP contribution in [0.25, 0.3) is 10.9 Å². The first-order chi connectivity index (χ1) is 24.8. The summed E-state index contributed by atoms with van der Waals surface area (Å²) >= 11 is 0. The molecule has 1 aromatic carbocycles. The molecule has 0 radical (unpaired) electrons. The number of hydrogen-bond acceptors (Lipinski definition) is 8. The fourth-order valence-electron chi connectivity index (χ4n) is 9.20. The molecule has 2 aromatic rings. The summed E-state index contributed by atoms with van der Waals surface area (Å²) in [7, 11) is 1.97. The number of pyridine rings is 1. The number of rotatable bonds is 12. The SMILES string of the molecule is CC(C)[C@H](NC(=O)[C@H](C)NC(=O)[C@@H](NC(=O)c1ccnc2ccccc12)C12CCC3CCC(CC3C1)C2)C(=O)C(=O)NCC(=O)N1CCN(C)CC1. The molecule has 1 aliphatic heterocycles. The Morgan fingerprint density at radius 2 is 1.62 bits per heavy atom. The summed E-state index contributed by atoms with van der Waals surface area (Å²) in [4.78, 5) is 88.8. The minimum atomic E-state index is -1.17. The Bertz CT molecular complexity index is 1700. The number of Topliss-reactive ketones (excluding diaryl/α,β-unsaturated/α-hetero) is 1. The maximum absolute atomic E-state index is 14.4. The van der Waals surface area contributed by atoms with Crippen LogP contribution >= 0.6 is 0 Å². The second-order valence-electron chi connectivity index (χ2n) is 16.0. The van der Waals surface area contributed by atoms with Crippen molar-refractivity contribution < 1.29 is 28.8 Å². The van der Waals surface area contributed by atoms with Crippen LogP contribution in [-0.2, 0) is 24.0 Å². The predicted molar refractivity (Wildman–Crippen MR) is 195 cm³/mol. The Labute approximate surface area is 305 Å². The van der Waals surface area contributed by atoms with Crippen molar-refractivity contribution in [1.82, 2.24) is 36.1 Å². The Morgan fingerprint density at radius 1 is 0.865 bits per heavy atom. The summed E-state index contributed by atoms with van der Waals surface area (Å²) in [5.41, 5.74) is 0.660. The van der Waals surface area contributed by atoms with Crippen molar-refractivity contribution >= 4 is 46.2 Å². The molecule has 3 saturated carbocycles. The minimum absolute atomic E-state index is 0.274. The molecule has 4 aliphatic rings. The average Bonchev–Trinajstić information content (AvgIpc) is 3.13. The van der Waals surface area contributed by atoms with E-state index >= 15 is 0 Å². The second kappa shape index (κ2) is 15.7. The lowest BCUT2D eigenvalue weighted by molar-refractivity contribution is -0.142. The highest BCUT2D eigenvalue weighted by Crippen LogP contribution is 2.59. The second-order valence-corrected chi connectivity index (χ2v) is 16.0. The first kappa shape index (κ1) is 37.4. The first-order valence-corrected chi connectivity index (χ1v) is 18.9. The third-order valence-corrected chi connectivity index (χ3v) is 12.1. The van der Waals surface area contributed by atoms with Gasteiger partial charge in [0, 0.05) is 43.2 Å². The number of hydrogen-bond donors (Lipinski definition) is 4. The number of fused-ring (bicyclic) bond motifs is 3. The zero-order valence-electron chi connectivity index (χ0n) is 30.8. The number of para-hydroxylation sites is 1. The van der Waals surface area contributed by atoms with Crippen LogP contribution in [0.4, 0.5) is 0 Å². The summed E-state index contributed by atoms with van der Waals surface area (Å²) in [5, 5.41) is 11.8. The molecule has 0 spiro atoms. The van der Waals surface area contributed by atoms with Crippen LogP contribution < -0.4 is 21.3 Å². The lowest BCUT2D eigenvalue weighted by atomic mass is 9.49. The van der Waals surface area contributed by atoms with Gasteiger partial charge < -0.3 is 31.1 Å². The molecule has 1 aromatic heterocycles. The number of ketones is 1. The van der Waals surface area contributed by atoms with Crippen molar-refractivity contribution in [2.75, 3.05) is 39.8 Å². The number of carbonyl (C=O) groups excluding carboxylic acids is 6. The van der Waals surface area contributed by atoms with Crippen LogP contribution in [0.2, 0.25) is 0 Å². The topological polar surface area (TPSA) is 170 Å². The molecule has 3 aliphatic carbocycles. The Kier molecular flexibility index (Phi) is 11.3. The summed E-state index contributed by atoms with van der Waals surface area (Å²) in [6.07, 6.45) is 8.60. The number of carbonyl (C=O) groups is 6. The monoisotopic (exact) mass is 715 g/mol. The molecule has 52 heavy (non-hydrogen) atoms. The van der Waals surface area contributed by atoms with E-state index in [9.17, 15) is 28.8 Å². The summed E-state index contributed by atoms with van der Waals surface area (Å²) in [5.74, 6) is -2.34. The lowest BCUT2D eigenvalue weighted by Gasteiger charge is -2.57. The van der Waals surface area contributed by atoms with Crippen LogP contribution in [0.15, 0.2) is 36.5 Å². The normalized spacial score (nSPS) is 25.9. The molecule has 6 rings (SSSR count). The van der Waals surface area contributed by atoms with E-state index in [-0.39, 0.29) is 18.4 Å². The Hall–Kier alpha value is -4.39. The Morgan fingerprint density at radius 3 is 2.37 bits per heavy atom. The third kappa shape index (κ3) is 7.99. The van der Waals surface area contributed by atoms with Gasteiger partial charge in [0.15, 0.2) is 0 Å². The van der Waals surface area contributed by atoms with Crippen LogP contribution in [0.5, 0.6) is 0 Å². The number of aromatic nitrogens is 1. The Balaban J connectivity index is 1.14. The molecule has 1 saturated heterocycles. The van der Waals surface area contributed by atoms with Crippen molar-refractivity contribution in [2.24, 2.45) is 29.1 Å². The van der Waals surface area contributed by atoms with Gasteiger partial charge >= 0.3 is 0 Å². The molecule has 7 atom stereocenters. The van der Waals surface area contributed by atoms with Crippen molar-refractivity contribution in [3.05, 3.63) is 42.1 Å². The maximum atomic E-state index is 14.4. The minimum Gasteiger partial charge on any atom is -0.344 e. The molecule has 4 unspecified atom stereocenters. The summed E-state index contributed by atoms with van der Waals surface area (Å²) in [6.45, 7) is 7.17. The van der Waals surface area contributed by atoms with Gasteiger partial charge in [-0.25, -0.2) is 0 Å². The van der Waals surface area contributed by atoms with Crippen LogP contribution in [-0.4, -0.2) is 108 Å². The van der Waals surface area contributed by atoms with Gasteiger partial charge in [0.2, 0.25) is 23.5 Å². The van der Waals surface area contributed by atoms with Gasteiger partial charge in [-0.15, -0.1) is 0 Å². The van der Waals surface area contributed by atoms with Crippen LogP contribution in [0.3, 0.4) is 0 Å². The fourth-order valence-corrected chi connectivity index (χ4v) is 9.20. The zero-order valence-corrected chi connectivity index (χ0v) is 30.8. The van der Waals surface area contributed by atoms with E-state index in [2.05, 4.69) is 31.2 Å². The highest BCUT2D eigenvalue weighted by molar-refractivity contribution is 6.38. The molecule has 4 N–H and O–H groups in total. The molecular weight excluding hydrogens is 662 g/mol. The van der Waals surface area contributed by atoms with E-state index in [1.165, 1.54) is 13.3 Å². The van der Waals surface area contributed by atoms with Gasteiger partial charge in [-0.05, 0) is 88.3 Å². The number of amides is 5. The number of likely N-dealkylation sites (N-methyl/N-ethyl adjacent to an activating group) is 1. The number of nitrogens with one attached hydrogen (secondary N) is 4. The van der Waals surface area contributed by atoms with E-state index in [1.54, 1.807) is 31.0 Å². The highest BCUT2D eigenvalue weighted by Gasteiger charge is 2.55. The molecule has 2 heterocycles. The van der Waals surface area contributed by atoms with E-state index in [4.69, 9.17) is 0 Å².